The van der Waals surface area contributed by atoms with E-state index in [9.17, 15) is 10.1 Å². The van der Waals surface area contributed by atoms with Gasteiger partial charge in [0.1, 0.15) is 0 Å². The molecule has 4 nitrogen and oxygen atoms in total. The zero-order chi connectivity index (χ0) is 13.7. The van der Waals surface area contributed by atoms with Crippen molar-refractivity contribution in [3.63, 3.8) is 0 Å². The molecule has 1 unspecified atom stereocenters. The summed E-state index contributed by atoms with van der Waals surface area (Å²) >= 11 is 2.04. The Kier molecular flexibility index (Phi) is 5.22. The van der Waals surface area contributed by atoms with Gasteiger partial charge < -0.3 is 5.32 Å². The molecule has 1 atom stereocenters. The van der Waals surface area contributed by atoms with Gasteiger partial charge in [0.15, 0.2) is 0 Å². The number of benzene rings is 1. The molecule has 104 valence electrons. The van der Waals surface area contributed by atoms with E-state index in [1.54, 1.807) is 12.1 Å². The lowest BCUT2D eigenvalue weighted by molar-refractivity contribution is -0.385. The second-order valence-electron chi connectivity index (χ2n) is 4.94. The smallest absolute Gasteiger partial charge is 0.272 e. The van der Waals surface area contributed by atoms with Crippen LogP contribution in [0.3, 0.4) is 0 Å². The molecule has 2 rings (SSSR count). The largest absolute Gasteiger partial charge is 0.312 e. The molecule has 0 bridgehead atoms. The first-order valence-corrected chi connectivity index (χ1v) is 7.78. The number of nitrogens with one attached hydrogen (secondary N) is 1. The Bertz CT molecular complexity index is 445. The molecular weight excluding hydrogens is 260 g/mol. The molecule has 0 aliphatic carbocycles. The fraction of sp³-hybridized carbons (Fsp3) is 0.571. The molecule has 1 fully saturated rings. The summed E-state index contributed by atoms with van der Waals surface area (Å²) < 4.78 is 0. The number of hydrogen-bond acceptors (Lipinski definition) is 4. The quantitative estimate of drug-likeness (QED) is 0.664. The SMILES string of the molecule is Cc1c(CNCC2CCCCS2)cccc1[N+](=O)[O-]. The highest BCUT2D eigenvalue weighted by molar-refractivity contribution is 7.99. The Morgan fingerprint density at radius 2 is 2.32 bits per heavy atom. The van der Waals surface area contributed by atoms with E-state index in [0.717, 1.165) is 17.7 Å². The monoisotopic (exact) mass is 280 g/mol. The van der Waals surface area contributed by atoms with Crippen LogP contribution in [-0.4, -0.2) is 22.5 Å². The van der Waals surface area contributed by atoms with E-state index < -0.39 is 0 Å². The molecule has 0 amide bonds. The lowest BCUT2D eigenvalue weighted by Crippen LogP contribution is -2.26. The zero-order valence-electron chi connectivity index (χ0n) is 11.2. The average Bonchev–Trinajstić information content (AvgIpc) is 2.41. The van der Waals surface area contributed by atoms with E-state index in [-0.39, 0.29) is 10.6 Å². The molecular formula is C14H20N2O2S. The molecule has 1 aromatic carbocycles. The van der Waals surface area contributed by atoms with Gasteiger partial charge in [0.25, 0.3) is 5.69 Å². The molecule has 1 aliphatic rings. The number of rotatable bonds is 5. The van der Waals surface area contributed by atoms with Gasteiger partial charge in [-0.15, -0.1) is 0 Å². The highest BCUT2D eigenvalue weighted by Crippen LogP contribution is 2.25. The van der Waals surface area contributed by atoms with Crippen molar-refractivity contribution in [1.29, 1.82) is 0 Å². The molecule has 1 heterocycles. The lowest BCUT2D eigenvalue weighted by atomic mass is 10.1. The van der Waals surface area contributed by atoms with Gasteiger partial charge in [-0.2, -0.15) is 11.8 Å². The maximum absolute atomic E-state index is 10.9. The summed E-state index contributed by atoms with van der Waals surface area (Å²) in [7, 11) is 0. The number of nitro benzene ring substituents is 1. The minimum atomic E-state index is -0.310. The first kappa shape index (κ1) is 14.3. The molecule has 1 aliphatic heterocycles. The molecule has 0 aromatic heterocycles. The fourth-order valence-electron chi connectivity index (χ4n) is 2.40. The minimum Gasteiger partial charge on any atom is -0.312 e. The van der Waals surface area contributed by atoms with E-state index in [1.165, 1.54) is 25.0 Å². The Morgan fingerprint density at radius 1 is 1.47 bits per heavy atom. The van der Waals surface area contributed by atoms with Crippen molar-refractivity contribution >= 4 is 17.4 Å². The summed E-state index contributed by atoms with van der Waals surface area (Å²) in [5.41, 5.74) is 2.01. The van der Waals surface area contributed by atoms with Crippen molar-refractivity contribution in [1.82, 2.24) is 5.32 Å². The molecule has 0 spiro atoms. The van der Waals surface area contributed by atoms with Crippen LogP contribution in [0.1, 0.15) is 30.4 Å². The zero-order valence-corrected chi connectivity index (χ0v) is 12.0. The van der Waals surface area contributed by atoms with Crippen LogP contribution in [0.2, 0.25) is 0 Å². The summed E-state index contributed by atoms with van der Waals surface area (Å²) in [6.45, 7) is 3.53. The van der Waals surface area contributed by atoms with Gasteiger partial charge in [0.05, 0.1) is 4.92 Å². The minimum absolute atomic E-state index is 0.214. The van der Waals surface area contributed by atoms with Gasteiger partial charge in [-0.05, 0) is 31.1 Å². The van der Waals surface area contributed by atoms with Crippen LogP contribution >= 0.6 is 11.8 Å². The molecule has 5 heteroatoms. The summed E-state index contributed by atoms with van der Waals surface area (Å²) in [6, 6.07) is 5.29. The predicted molar refractivity (Wildman–Crippen MR) is 79.6 cm³/mol. The normalized spacial score (nSPS) is 19.3. The van der Waals surface area contributed by atoms with E-state index in [2.05, 4.69) is 5.32 Å². The second-order valence-corrected chi connectivity index (χ2v) is 6.35. The average molecular weight is 280 g/mol. The summed E-state index contributed by atoms with van der Waals surface area (Å²) in [5, 5.41) is 15.0. The van der Waals surface area contributed by atoms with Crippen molar-refractivity contribution < 1.29 is 4.92 Å². The van der Waals surface area contributed by atoms with Crippen molar-refractivity contribution in [2.45, 2.75) is 38.0 Å². The Balaban J connectivity index is 1.88. The van der Waals surface area contributed by atoms with Gasteiger partial charge >= 0.3 is 0 Å². The molecule has 0 radical (unpaired) electrons. The van der Waals surface area contributed by atoms with Crippen molar-refractivity contribution in [3.8, 4) is 0 Å². The maximum Gasteiger partial charge on any atom is 0.272 e. The van der Waals surface area contributed by atoms with Crippen LogP contribution in [0.15, 0.2) is 18.2 Å². The molecule has 1 saturated heterocycles. The standard InChI is InChI=1S/C14H20N2O2S/c1-11-12(5-4-7-14(11)16(17)18)9-15-10-13-6-2-3-8-19-13/h4-5,7,13,15H,2-3,6,8-10H2,1H3. The summed E-state index contributed by atoms with van der Waals surface area (Å²) in [5.74, 6) is 1.27. The van der Waals surface area contributed by atoms with Crippen LogP contribution in [0, 0.1) is 17.0 Å². The molecule has 1 N–H and O–H groups in total. The first-order chi connectivity index (χ1) is 9.18. The summed E-state index contributed by atoms with van der Waals surface area (Å²) in [4.78, 5) is 10.6. The Hall–Kier alpha value is -1.07. The van der Waals surface area contributed by atoms with Crippen LogP contribution in [0.4, 0.5) is 5.69 Å². The number of hydrogen-bond donors (Lipinski definition) is 1. The third-order valence-corrected chi connectivity index (χ3v) is 4.97. The van der Waals surface area contributed by atoms with E-state index in [4.69, 9.17) is 0 Å². The molecule has 0 saturated carbocycles. The Morgan fingerprint density at radius 3 is 3.00 bits per heavy atom. The van der Waals surface area contributed by atoms with Gasteiger partial charge in [0.2, 0.25) is 0 Å². The van der Waals surface area contributed by atoms with Gasteiger partial charge in [-0.1, -0.05) is 18.6 Å². The van der Waals surface area contributed by atoms with E-state index in [1.807, 2.05) is 24.8 Å². The van der Waals surface area contributed by atoms with Gasteiger partial charge in [-0.3, -0.25) is 10.1 Å². The maximum atomic E-state index is 10.9. The van der Waals surface area contributed by atoms with E-state index in [0.29, 0.717) is 11.8 Å². The van der Waals surface area contributed by atoms with Crippen molar-refractivity contribution in [2.24, 2.45) is 0 Å². The third kappa shape index (κ3) is 3.94. The Labute approximate surface area is 118 Å². The fourth-order valence-corrected chi connectivity index (χ4v) is 3.67. The third-order valence-electron chi connectivity index (χ3n) is 3.58. The van der Waals surface area contributed by atoms with Crippen molar-refractivity contribution in [2.75, 3.05) is 12.3 Å². The number of nitro groups is 1. The second kappa shape index (κ2) is 6.91. The molecule has 1 aromatic rings. The van der Waals surface area contributed by atoms with Gasteiger partial charge in [0, 0.05) is 30.0 Å². The highest BCUT2D eigenvalue weighted by Gasteiger charge is 2.15. The predicted octanol–water partition coefficient (Wildman–Crippen LogP) is 3.28. The number of nitrogens with zero attached hydrogens (tertiary/aromatic N) is 1. The van der Waals surface area contributed by atoms with Crippen LogP contribution < -0.4 is 5.32 Å². The van der Waals surface area contributed by atoms with Crippen molar-refractivity contribution in [3.05, 3.63) is 39.4 Å². The summed E-state index contributed by atoms with van der Waals surface area (Å²) in [6.07, 6.45) is 3.95. The highest BCUT2D eigenvalue weighted by atomic mass is 32.2. The van der Waals surface area contributed by atoms with Crippen LogP contribution in [0.25, 0.3) is 0 Å². The van der Waals surface area contributed by atoms with Crippen LogP contribution in [-0.2, 0) is 6.54 Å². The van der Waals surface area contributed by atoms with E-state index >= 15 is 0 Å². The topological polar surface area (TPSA) is 55.2 Å². The van der Waals surface area contributed by atoms with Gasteiger partial charge in [-0.25, -0.2) is 0 Å². The van der Waals surface area contributed by atoms with Crippen LogP contribution in [0.5, 0.6) is 0 Å². The lowest BCUT2D eigenvalue weighted by Gasteiger charge is -2.21. The molecule has 19 heavy (non-hydrogen) atoms. The number of thioether (sulfide) groups is 1. The first-order valence-electron chi connectivity index (χ1n) is 6.73.